The monoisotopic (exact) mass is 329 g/mol. The molecule has 0 N–H and O–H groups in total. The van der Waals surface area contributed by atoms with Gasteiger partial charge in [0.25, 0.3) is 0 Å². The highest BCUT2D eigenvalue weighted by Gasteiger charge is 2.34. The molecule has 1 atom stereocenters. The molecule has 2 rings (SSSR count). The van der Waals surface area contributed by atoms with Gasteiger partial charge in [0.15, 0.2) is 0 Å². The fourth-order valence-corrected chi connectivity index (χ4v) is 2.77. The normalized spacial score (nSPS) is 23.4. The van der Waals surface area contributed by atoms with E-state index >= 15 is 0 Å². The second-order valence-electron chi connectivity index (χ2n) is 4.82. The standard InChI is InChI=1S/C12H16BrN3O3/c1-3-12(2)8-15(4-5-19-12)11-9(13)6-14-7-10(11)16(17)18/h6-7H,3-5,8H2,1-2H3. The van der Waals surface area contributed by atoms with Gasteiger partial charge in [0.1, 0.15) is 11.9 Å². The molecule has 1 fully saturated rings. The Hall–Kier alpha value is -1.21. The molecule has 0 bridgehead atoms. The van der Waals surface area contributed by atoms with Crippen LogP contribution in [-0.4, -0.2) is 35.2 Å². The minimum atomic E-state index is -0.397. The number of anilines is 1. The first-order valence-corrected chi connectivity index (χ1v) is 6.93. The molecule has 0 spiro atoms. The Morgan fingerprint density at radius 3 is 3.00 bits per heavy atom. The third-order valence-electron chi connectivity index (χ3n) is 3.45. The Kier molecular flexibility index (Phi) is 4.05. The molecule has 104 valence electrons. The third kappa shape index (κ3) is 2.87. The summed E-state index contributed by atoms with van der Waals surface area (Å²) >= 11 is 3.36. The van der Waals surface area contributed by atoms with Crippen LogP contribution in [0.25, 0.3) is 0 Å². The molecule has 2 heterocycles. The number of aromatic nitrogens is 1. The Morgan fingerprint density at radius 2 is 2.37 bits per heavy atom. The van der Waals surface area contributed by atoms with Crippen LogP contribution in [0.3, 0.4) is 0 Å². The van der Waals surface area contributed by atoms with Crippen molar-refractivity contribution in [1.29, 1.82) is 0 Å². The molecule has 19 heavy (non-hydrogen) atoms. The summed E-state index contributed by atoms with van der Waals surface area (Å²) in [6.45, 7) is 5.92. The summed E-state index contributed by atoms with van der Waals surface area (Å²) in [7, 11) is 0. The molecule has 6 nitrogen and oxygen atoms in total. The number of ether oxygens (including phenoxy) is 1. The molecule has 0 amide bonds. The number of hydrogen-bond acceptors (Lipinski definition) is 5. The second kappa shape index (κ2) is 5.42. The van der Waals surface area contributed by atoms with Gasteiger partial charge in [0.2, 0.25) is 0 Å². The maximum atomic E-state index is 11.1. The highest BCUT2D eigenvalue weighted by Crippen LogP contribution is 2.37. The Bertz CT molecular complexity index is 497. The zero-order valence-electron chi connectivity index (χ0n) is 10.9. The first kappa shape index (κ1) is 14.2. The zero-order chi connectivity index (χ0) is 14.0. The summed E-state index contributed by atoms with van der Waals surface area (Å²) < 4.78 is 6.40. The van der Waals surface area contributed by atoms with Crippen molar-refractivity contribution in [3.05, 3.63) is 27.0 Å². The fraction of sp³-hybridized carbons (Fsp3) is 0.583. The van der Waals surface area contributed by atoms with Crippen molar-refractivity contribution in [2.45, 2.75) is 25.9 Å². The molecule has 1 aromatic rings. The van der Waals surface area contributed by atoms with Gasteiger partial charge in [0.05, 0.1) is 21.6 Å². The SMILES string of the molecule is CCC1(C)CN(c2c(Br)cncc2[N+](=O)[O-])CCO1. The molecule has 0 aliphatic carbocycles. The lowest BCUT2D eigenvalue weighted by molar-refractivity contribution is -0.384. The van der Waals surface area contributed by atoms with Crippen LogP contribution in [0, 0.1) is 10.1 Å². The van der Waals surface area contributed by atoms with Gasteiger partial charge in [-0.05, 0) is 29.3 Å². The topological polar surface area (TPSA) is 68.5 Å². The van der Waals surface area contributed by atoms with Gasteiger partial charge in [-0.2, -0.15) is 0 Å². The molecule has 1 unspecified atom stereocenters. The summed E-state index contributed by atoms with van der Waals surface area (Å²) in [6.07, 6.45) is 3.74. The molecular weight excluding hydrogens is 314 g/mol. The maximum Gasteiger partial charge on any atom is 0.311 e. The van der Waals surface area contributed by atoms with Crippen molar-refractivity contribution in [2.75, 3.05) is 24.6 Å². The van der Waals surface area contributed by atoms with Crippen LogP contribution in [0.5, 0.6) is 0 Å². The predicted molar refractivity (Wildman–Crippen MR) is 75.5 cm³/mol. The lowest BCUT2D eigenvalue weighted by Gasteiger charge is -2.41. The fourth-order valence-electron chi connectivity index (χ4n) is 2.20. The van der Waals surface area contributed by atoms with E-state index in [4.69, 9.17) is 4.74 Å². The van der Waals surface area contributed by atoms with E-state index < -0.39 is 4.92 Å². The van der Waals surface area contributed by atoms with Crippen LogP contribution in [0.15, 0.2) is 16.9 Å². The van der Waals surface area contributed by atoms with Crippen molar-refractivity contribution in [3.8, 4) is 0 Å². The molecule has 0 aromatic carbocycles. The number of hydrogen-bond donors (Lipinski definition) is 0. The zero-order valence-corrected chi connectivity index (χ0v) is 12.5. The van der Waals surface area contributed by atoms with Crippen LogP contribution in [-0.2, 0) is 4.74 Å². The van der Waals surface area contributed by atoms with E-state index in [1.807, 2.05) is 11.8 Å². The molecule has 1 aromatic heterocycles. The van der Waals surface area contributed by atoms with E-state index in [0.29, 0.717) is 29.9 Å². The summed E-state index contributed by atoms with van der Waals surface area (Å²) in [4.78, 5) is 16.6. The Morgan fingerprint density at radius 1 is 1.63 bits per heavy atom. The first-order valence-electron chi connectivity index (χ1n) is 6.13. The molecule has 0 radical (unpaired) electrons. The summed E-state index contributed by atoms with van der Waals surface area (Å²) in [5, 5.41) is 11.1. The van der Waals surface area contributed by atoms with Gasteiger partial charge < -0.3 is 9.64 Å². The van der Waals surface area contributed by atoms with Gasteiger partial charge in [0, 0.05) is 19.3 Å². The first-order chi connectivity index (χ1) is 8.97. The number of pyridine rings is 1. The van der Waals surface area contributed by atoms with E-state index in [1.54, 1.807) is 6.20 Å². The third-order valence-corrected chi connectivity index (χ3v) is 4.03. The summed E-state index contributed by atoms with van der Waals surface area (Å²) in [5.74, 6) is 0. The highest BCUT2D eigenvalue weighted by atomic mass is 79.9. The van der Waals surface area contributed by atoms with Crippen LogP contribution in [0.2, 0.25) is 0 Å². The largest absolute Gasteiger partial charge is 0.372 e. The average Bonchev–Trinajstić information content (AvgIpc) is 2.38. The maximum absolute atomic E-state index is 11.1. The Balaban J connectivity index is 2.38. The van der Waals surface area contributed by atoms with Crippen molar-refractivity contribution in [2.24, 2.45) is 0 Å². The van der Waals surface area contributed by atoms with Crippen molar-refractivity contribution < 1.29 is 9.66 Å². The van der Waals surface area contributed by atoms with Crippen LogP contribution in [0.4, 0.5) is 11.4 Å². The number of morpholine rings is 1. The predicted octanol–water partition coefficient (Wildman–Crippen LogP) is 2.76. The van der Waals surface area contributed by atoms with Crippen molar-refractivity contribution in [1.82, 2.24) is 4.98 Å². The van der Waals surface area contributed by atoms with E-state index in [9.17, 15) is 10.1 Å². The van der Waals surface area contributed by atoms with E-state index in [-0.39, 0.29) is 11.3 Å². The van der Waals surface area contributed by atoms with Gasteiger partial charge in [-0.1, -0.05) is 6.92 Å². The van der Waals surface area contributed by atoms with E-state index in [0.717, 1.165) is 6.42 Å². The smallest absolute Gasteiger partial charge is 0.311 e. The minimum absolute atomic E-state index is 0.0229. The van der Waals surface area contributed by atoms with Crippen molar-refractivity contribution >= 4 is 27.3 Å². The number of halogens is 1. The lowest BCUT2D eigenvalue weighted by atomic mass is 10.0. The summed E-state index contributed by atoms with van der Waals surface area (Å²) in [6, 6.07) is 0. The molecule has 1 saturated heterocycles. The molecular formula is C12H16BrN3O3. The molecule has 7 heteroatoms. The quantitative estimate of drug-likeness (QED) is 0.630. The molecule has 1 aliphatic heterocycles. The second-order valence-corrected chi connectivity index (χ2v) is 5.67. The van der Waals surface area contributed by atoms with Crippen molar-refractivity contribution in [3.63, 3.8) is 0 Å². The van der Waals surface area contributed by atoms with Gasteiger partial charge in [-0.15, -0.1) is 0 Å². The van der Waals surface area contributed by atoms with Gasteiger partial charge in [-0.3, -0.25) is 15.1 Å². The summed E-state index contributed by atoms with van der Waals surface area (Å²) in [5.41, 5.74) is 0.340. The van der Waals surface area contributed by atoms with Gasteiger partial charge in [-0.25, -0.2) is 0 Å². The molecule has 1 aliphatic rings. The Labute approximate surface area is 120 Å². The number of nitrogens with zero attached hydrogens (tertiary/aromatic N) is 3. The number of nitro groups is 1. The van der Waals surface area contributed by atoms with Crippen LogP contribution >= 0.6 is 15.9 Å². The minimum Gasteiger partial charge on any atom is -0.372 e. The van der Waals surface area contributed by atoms with E-state index in [1.165, 1.54) is 6.20 Å². The van der Waals surface area contributed by atoms with E-state index in [2.05, 4.69) is 27.8 Å². The number of rotatable bonds is 3. The van der Waals surface area contributed by atoms with Gasteiger partial charge >= 0.3 is 5.69 Å². The lowest BCUT2D eigenvalue weighted by Crippen LogP contribution is -2.50. The molecule has 0 saturated carbocycles. The van der Waals surface area contributed by atoms with Crippen LogP contribution < -0.4 is 4.90 Å². The van der Waals surface area contributed by atoms with Crippen LogP contribution in [0.1, 0.15) is 20.3 Å². The average molecular weight is 330 g/mol. The highest BCUT2D eigenvalue weighted by molar-refractivity contribution is 9.10.